The lowest BCUT2D eigenvalue weighted by Gasteiger charge is -2.15. The predicted octanol–water partition coefficient (Wildman–Crippen LogP) is 16.6. The number of benzene rings is 9. The summed E-state index contributed by atoms with van der Waals surface area (Å²) in [5.41, 5.74) is 17.5. The molecule has 0 aliphatic rings. The summed E-state index contributed by atoms with van der Waals surface area (Å²) in [7, 11) is 0. The van der Waals surface area contributed by atoms with Crippen LogP contribution in [0.15, 0.2) is 231 Å². The van der Waals surface area contributed by atoms with Gasteiger partial charge in [0.05, 0.1) is 27.8 Å². The normalized spacial score (nSPS) is 11.9. The van der Waals surface area contributed by atoms with E-state index in [9.17, 15) is 0 Å². The maximum atomic E-state index is 4.70. The van der Waals surface area contributed by atoms with Crippen molar-refractivity contribution in [2.45, 2.75) is 13.8 Å². The molecule has 0 radical (unpaired) electrons. The second-order valence-corrected chi connectivity index (χ2v) is 16.5. The maximum absolute atomic E-state index is 4.70. The molecule has 0 atom stereocenters. The van der Waals surface area contributed by atoms with Gasteiger partial charge in [0.25, 0.3) is 0 Å². The maximum Gasteiger partial charge on any atom is 0.0541 e. The second kappa shape index (κ2) is 15.3. The standard InChI is InChI=1S/C60H44N2/c1-40(2)36-48(44-28-26-43(27-29-44)42-16-6-4-7-17-42)37-41(3)61-56-24-14-12-22-52(56)54-38-46(30-33-59(54)61)47-31-34-60-55(39-47)53-23-13-15-25-57(53)62(60)58-35-32-49(45-18-8-5-9-19-45)50-20-10-11-21-51(50)58/h4-39H,3H2,1-2H3/b48-37+. The lowest BCUT2D eigenvalue weighted by Crippen LogP contribution is -1.96. The molecule has 0 aliphatic carbocycles. The molecular weight excluding hydrogens is 749 g/mol. The fourth-order valence-electron chi connectivity index (χ4n) is 9.47. The smallest absolute Gasteiger partial charge is 0.0541 e. The Bertz CT molecular complexity index is 3570. The quantitative estimate of drug-likeness (QED) is 0.136. The molecule has 11 rings (SSSR count). The monoisotopic (exact) mass is 792 g/mol. The Morgan fingerprint density at radius 3 is 1.55 bits per heavy atom. The van der Waals surface area contributed by atoms with Gasteiger partial charge in [-0.2, -0.15) is 0 Å². The van der Waals surface area contributed by atoms with Crippen LogP contribution in [0.1, 0.15) is 19.4 Å². The zero-order chi connectivity index (χ0) is 41.7. The van der Waals surface area contributed by atoms with E-state index >= 15 is 0 Å². The lowest BCUT2D eigenvalue weighted by molar-refractivity contribution is 1.20. The van der Waals surface area contributed by atoms with Crippen LogP contribution in [0.2, 0.25) is 0 Å². The third kappa shape index (κ3) is 6.36. The van der Waals surface area contributed by atoms with Gasteiger partial charge in [-0.15, -0.1) is 0 Å². The fourth-order valence-corrected chi connectivity index (χ4v) is 9.47. The van der Waals surface area contributed by atoms with Crippen LogP contribution in [0.4, 0.5) is 0 Å². The van der Waals surface area contributed by atoms with Crippen LogP contribution in [0.5, 0.6) is 0 Å². The topological polar surface area (TPSA) is 9.86 Å². The molecule has 0 N–H and O–H groups in total. The molecule has 0 fully saturated rings. The molecule has 0 unspecified atom stereocenters. The third-order valence-corrected chi connectivity index (χ3v) is 12.3. The highest BCUT2D eigenvalue weighted by Gasteiger charge is 2.18. The fraction of sp³-hybridized carbons (Fsp3) is 0.0333. The van der Waals surface area contributed by atoms with E-state index in [0.717, 1.165) is 27.9 Å². The number of hydrogen-bond donors (Lipinski definition) is 0. The molecule has 0 saturated heterocycles. The molecule has 2 nitrogen and oxygen atoms in total. The van der Waals surface area contributed by atoms with Crippen molar-refractivity contribution >= 4 is 65.7 Å². The van der Waals surface area contributed by atoms with E-state index in [-0.39, 0.29) is 0 Å². The molecule has 0 saturated carbocycles. The highest BCUT2D eigenvalue weighted by molar-refractivity contribution is 6.14. The van der Waals surface area contributed by atoms with E-state index in [1.807, 2.05) is 0 Å². The van der Waals surface area contributed by atoms with Gasteiger partial charge in [-0.3, -0.25) is 0 Å². The van der Waals surface area contributed by atoms with Gasteiger partial charge in [-0.1, -0.05) is 182 Å². The van der Waals surface area contributed by atoms with Gasteiger partial charge in [0, 0.05) is 32.6 Å². The van der Waals surface area contributed by atoms with Gasteiger partial charge < -0.3 is 9.13 Å². The number of fused-ring (bicyclic) bond motifs is 7. The predicted molar refractivity (Wildman–Crippen MR) is 267 cm³/mol. The lowest BCUT2D eigenvalue weighted by atomic mass is 9.97. The molecule has 9 aromatic carbocycles. The minimum Gasteiger partial charge on any atom is -0.310 e. The number of aromatic nitrogens is 2. The highest BCUT2D eigenvalue weighted by Crippen LogP contribution is 2.41. The molecule has 0 spiro atoms. The van der Waals surface area contributed by atoms with Crippen LogP contribution < -0.4 is 0 Å². The highest BCUT2D eigenvalue weighted by atomic mass is 15.0. The summed E-state index contributed by atoms with van der Waals surface area (Å²) in [5, 5.41) is 7.36. The summed E-state index contributed by atoms with van der Waals surface area (Å²) < 4.78 is 4.76. The summed E-state index contributed by atoms with van der Waals surface area (Å²) in [6.45, 7) is 9.00. The van der Waals surface area contributed by atoms with Gasteiger partial charge in [0.1, 0.15) is 0 Å². The van der Waals surface area contributed by atoms with Crippen LogP contribution in [0.25, 0.3) is 105 Å². The van der Waals surface area contributed by atoms with Crippen LogP contribution in [0.3, 0.4) is 0 Å². The van der Waals surface area contributed by atoms with Crippen molar-refractivity contribution < 1.29 is 0 Å². The first-order valence-corrected chi connectivity index (χ1v) is 21.4. The van der Waals surface area contributed by atoms with Crippen molar-refractivity contribution in [3.05, 3.63) is 236 Å². The molecule has 0 amide bonds. The largest absolute Gasteiger partial charge is 0.310 e. The van der Waals surface area contributed by atoms with E-state index in [2.05, 4.69) is 241 Å². The van der Waals surface area contributed by atoms with E-state index in [0.29, 0.717) is 0 Å². The Morgan fingerprint density at radius 2 is 0.871 bits per heavy atom. The van der Waals surface area contributed by atoms with Crippen molar-refractivity contribution in [3.8, 4) is 39.1 Å². The third-order valence-electron chi connectivity index (χ3n) is 12.3. The van der Waals surface area contributed by atoms with Crippen LogP contribution in [0, 0.1) is 0 Å². The molecule has 2 heterocycles. The number of nitrogens with zero attached hydrogens (tertiary/aromatic N) is 2. The first-order valence-electron chi connectivity index (χ1n) is 21.4. The molecule has 294 valence electrons. The first-order chi connectivity index (χ1) is 30.5. The average molecular weight is 793 g/mol. The molecular formula is C60H44N2. The van der Waals surface area contributed by atoms with E-state index < -0.39 is 0 Å². The molecule has 0 aliphatic heterocycles. The first kappa shape index (κ1) is 37.1. The van der Waals surface area contributed by atoms with Crippen molar-refractivity contribution in [1.82, 2.24) is 9.13 Å². The summed E-state index contributed by atoms with van der Waals surface area (Å²) >= 11 is 0. The summed E-state index contributed by atoms with van der Waals surface area (Å²) in [4.78, 5) is 0. The minimum absolute atomic E-state index is 0.919. The molecule has 2 aromatic heterocycles. The number of para-hydroxylation sites is 2. The summed E-state index contributed by atoms with van der Waals surface area (Å²) in [5.74, 6) is 0. The van der Waals surface area contributed by atoms with Gasteiger partial charge >= 0.3 is 0 Å². The van der Waals surface area contributed by atoms with Crippen LogP contribution >= 0.6 is 0 Å². The number of rotatable bonds is 8. The molecule has 62 heavy (non-hydrogen) atoms. The SMILES string of the molecule is C=C(/C=C(\C=C(C)C)c1ccc(-c2ccccc2)cc1)n1c2ccccc2c2cc(-c3ccc4c(c3)c3ccccc3n4-c3ccc(-c4ccccc4)c4ccccc34)ccc21. The molecule has 11 aromatic rings. The Morgan fingerprint density at radius 1 is 0.387 bits per heavy atom. The Labute approximate surface area is 362 Å². The minimum atomic E-state index is 0.919. The van der Waals surface area contributed by atoms with Crippen molar-refractivity contribution in [3.63, 3.8) is 0 Å². The van der Waals surface area contributed by atoms with Crippen LogP contribution in [-0.2, 0) is 0 Å². The van der Waals surface area contributed by atoms with Crippen LogP contribution in [-0.4, -0.2) is 9.13 Å². The number of allylic oxidation sites excluding steroid dienone is 5. The van der Waals surface area contributed by atoms with E-state index in [1.54, 1.807) is 0 Å². The Hall–Kier alpha value is -7.94. The van der Waals surface area contributed by atoms with Crippen molar-refractivity contribution in [2.24, 2.45) is 0 Å². The zero-order valence-corrected chi connectivity index (χ0v) is 34.9. The van der Waals surface area contributed by atoms with Gasteiger partial charge in [0.15, 0.2) is 0 Å². The van der Waals surface area contributed by atoms with Gasteiger partial charge in [0.2, 0.25) is 0 Å². The van der Waals surface area contributed by atoms with Crippen molar-refractivity contribution in [2.75, 3.05) is 0 Å². The zero-order valence-electron chi connectivity index (χ0n) is 34.9. The average Bonchev–Trinajstić information content (AvgIpc) is 3.83. The summed E-state index contributed by atoms with van der Waals surface area (Å²) in [6.07, 6.45) is 4.48. The van der Waals surface area contributed by atoms with Gasteiger partial charge in [-0.05, 0) is 112 Å². The second-order valence-electron chi connectivity index (χ2n) is 16.5. The summed E-state index contributed by atoms with van der Waals surface area (Å²) in [6, 6.07) is 74.9. The van der Waals surface area contributed by atoms with Gasteiger partial charge in [-0.25, -0.2) is 0 Å². The molecule has 2 heteroatoms. The Balaban J connectivity index is 1.01. The molecule has 0 bridgehead atoms. The Kier molecular flexibility index (Phi) is 9.13. The van der Waals surface area contributed by atoms with E-state index in [1.165, 1.54) is 88.0 Å². The number of hydrogen-bond acceptors (Lipinski definition) is 0. The van der Waals surface area contributed by atoms with Crippen molar-refractivity contribution in [1.29, 1.82) is 0 Å². The van der Waals surface area contributed by atoms with E-state index in [4.69, 9.17) is 6.58 Å².